The summed E-state index contributed by atoms with van der Waals surface area (Å²) in [5.41, 5.74) is 6.23. The van der Waals surface area contributed by atoms with Gasteiger partial charge in [-0.1, -0.05) is 6.42 Å². The van der Waals surface area contributed by atoms with Crippen molar-refractivity contribution in [3.63, 3.8) is 0 Å². The molecular weight excluding hydrogens is 207 g/mol. The highest BCUT2D eigenvalue weighted by atomic mass is 19.1. The zero-order chi connectivity index (χ0) is 11.8. The van der Waals surface area contributed by atoms with Crippen LogP contribution < -0.4 is 5.73 Å². The van der Waals surface area contributed by atoms with Gasteiger partial charge in [-0.25, -0.2) is 4.39 Å². The van der Waals surface area contributed by atoms with Crippen molar-refractivity contribution in [3.8, 4) is 11.8 Å². The largest absolute Gasteiger partial charge is 0.504 e. The second-order valence-electron chi connectivity index (χ2n) is 4.30. The predicted molar refractivity (Wildman–Crippen MR) is 57.4 cm³/mol. The molecule has 0 atom stereocenters. The maximum absolute atomic E-state index is 13.4. The molecule has 0 aliphatic heterocycles. The number of nitrogens with two attached hydrogens (primary N) is 1. The summed E-state index contributed by atoms with van der Waals surface area (Å²) in [4.78, 5) is 0. The summed E-state index contributed by atoms with van der Waals surface area (Å²) in [6, 6.07) is 4.63. The SMILES string of the molecule is N#Cc1cc(C2(CN)CCC2)cc(F)c1O. The van der Waals surface area contributed by atoms with Crippen molar-refractivity contribution in [2.75, 3.05) is 6.54 Å². The Kier molecular flexibility index (Phi) is 2.56. The minimum Gasteiger partial charge on any atom is -0.504 e. The number of rotatable bonds is 2. The Hall–Kier alpha value is -1.60. The first-order chi connectivity index (χ1) is 7.63. The number of phenols is 1. The van der Waals surface area contributed by atoms with Crippen molar-refractivity contribution in [3.05, 3.63) is 29.1 Å². The van der Waals surface area contributed by atoms with Crippen LogP contribution in [0.15, 0.2) is 12.1 Å². The zero-order valence-corrected chi connectivity index (χ0v) is 8.83. The minimum atomic E-state index is -0.742. The van der Waals surface area contributed by atoms with Crippen LogP contribution in [0.3, 0.4) is 0 Å². The Bertz CT molecular complexity index is 455. The van der Waals surface area contributed by atoms with Gasteiger partial charge in [0, 0.05) is 12.0 Å². The molecule has 16 heavy (non-hydrogen) atoms. The van der Waals surface area contributed by atoms with Crippen LogP contribution in [0.1, 0.15) is 30.4 Å². The molecule has 3 nitrogen and oxygen atoms in total. The Morgan fingerprint density at radius 3 is 2.62 bits per heavy atom. The number of phenolic OH excluding ortho intramolecular Hbond substituents is 1. The first-order valence-corrected chi connectivity index (χ1v) is 5.26. The summed E-state index contributed by atoms with van der Waals surface area (Å²) in [6.45, 7) is 0.447. The van der Waals surface area contributed by atoms with E-state index in [0.717, 1.165) is 24.8 Å². The van der Waals surface area contributed by atoms with E-state index in [1.54, 1.807) is 12.1 Å². The second kappa shape index (κ2) is 3.76. The molecule has 0 bridgehead atoms. The molecule has 0 aromatic heterocycles. The molecule has 1 aliphatic rings. The van der Waals surface area contributed by atoms with E-state index in [-0.39, 0.29) is 11.0 Å². The van der Waals surface area contributed by atoms with Crippen LogP contribution in [-0.2, 0) is 5.41 Å². The van der Waals surface area contributed by atoms with Gasteiger partial charge in [-0.15, -0.1) is 0 Å². The molecule has 3 N–H and O–H groups in total. The van der Waals surface area contributed by atoms with Crippen molar-refractivity contribution in [1.82, 2.24) is 0 Å². The number of halogens is 1. The number of nitrogens with zero attached hydrogens (tertiary/aromatic N) is 1. The lowest BCUT2D eigenvalue weighted by Gasteiger charge is -2.41. The Balaban J connectivity index is 2.51. The molecule has 4 heteroatoms. The number of benzene rings is 1. The zero-order valence-electron chi connectivity index (χ0n) is 8.83. The molecule has 0 saturated heterocycles. The molecule has 2 rings (SSSR count). The topological polar surface area (TPSA) is 70.0 Å². The standard InChI is InChI=1S/C12H13FN2O/c13-10-5-9(4-8(6-14)11(10)16)12(7-15)2-1-3-12/h4-5,16H,1-3,7,15H2. The van der Waals surface area contributed by atoms with Gasteiger partial charge in [0.2, 0.25) is 0 Å². The highest BCUT2D eigenvalue weighted by Crippen LogP contribution is 2.44. The summed E-state index contributed by atoms with van der Waals surface area (Å²) in [6.07, 6.45) is 2.90. The fraction of sp³-hybridized carbons (Fsp3) is 0.417. The van der Waals surface area contributed by atoms with Gasteiger partial charge in [-0.2, -0.15) is 5.26 Å². The van der Waals surface area contributed by atoms with Crippen LogP contribution in [-0.4, -0.2) is 11.7 Å². The van der Waals surface area contributed by atoms with Crippen LogP contribution in [0.4, 0.5) is 4.39 Å². The number of hydrogen-bond donors (Lipinski definition) is 2. The first kappa shape index (κ1) is 10.9. The molecule has 0 radical (unpaired) electrons. The molecule has 0 amide bonds. The van der Waals surface area contributed by atoms with Crippen LogP contribution >= 0.6 is 0 Å². The van der Waals surface area contributed by atoms with E-state index in [2.05, 4.69) is 0 Å². The fourth-order valence-corrected chi connectivity index (χ4v) is 2.20. The average Bonchev–Trinajstić information content (AvgIpc) is 2.22. The van der Waals surface area contributed by atoms with Crippen molar-refractivity contribution >= 4 is 0 Å². The minimum absolute atomic E-state index is 0.0188. The third kappa shape index (κ3) is 1.44. The normalized spacial score (nSPS) is 17.6. The van der Waals surface area contributed by atoms with Crippen LogP contribution in [0, 0.1) is 17.1 Å². The van der Waals surface area contributed by atoms with Crippen molar-refractivity contribution < 1.29 is 9.50 Å². The molecule has 84 valence electrons. The lowest BCUT2D eigenvalue weighted by molar-refractivity contribution is 0.251. The Morgan fingerprint density at radius 2 is 2.19 bits per heavy atom. The van der Waals surface area contributed by atoms with E-state index in [4.69, 9.17) is 11.0 Å². The van der Waals surface area contributed by atoms with Crippen molar-refractivity contribution in [2.24, 2.45) is 5.73 Å². The van der Waals surface area contributed by atoms with Gasteiger partial charge in [0.15, 0.2) is 11.6 Å². The third-order valence-electron chi connectivity index (χ3n) is 3.50. The van der Waals surface area contributed by atoms with Gasteiger partial charge in [-0.3, -0.25) is 0 Å². The molecule has 0 unspecified atom stereocenters. The van der Waals surface area contributed by atoms with E-state index < -0.39 is 11.6 Å². The highest BCUT2D eigenvalue weighted by Gasteiger charge is 2.38. The lowest BCUT2D eigenvalue weighted by atomic mass is 9.64. The number of hydrogen-bond acceptors (Lipinski definition) is 3. The first-order valence-electron chi connectivity index (χ1n) is 5.26. The van der Waals surface area contributed by atoms with Crippen LogP contribution in [0.2, 0.25) is 0 Å². The summed E-state index contributed by atoms with van der Waals surface area (Å²) >= 11 is 0. The molecule has 0 spiro atoms. The summed E-state index contributed by atoms with van der Waals surface area (Å²) in [5, 5.41) is 18.1. The summed E-state index contributed by atoms with van der Waals surface area (Å²) in [5.74, 6) is -1.31. The van der Waals surface area contributed by atoms with Gasteiger partial charge in [0.25, 0.3) is 0 Å². The second-order valence-corrected chi connectivity index (χ2v) is 4.30. The molecular formula is C12H13FN2O. The Morgan fingerprint density at radius 1 is 1.50 bits per heavy atom. The molecule has 0 heterocycles. The van der Waals surface area contributed by atoms with Gasteiger partial charge >= 0.3 is 0 Å². The molecule has 1 aromatic carbocycles. The number of aromatic hydroxyl groups is 1. The maximum atomic E-state index is 13.4. The van der Waals surface area contributed by atoms with Gasteiger partial charge in [0.1, 0.15) is 6.07 Å². The molecule has 1 aliphatic carbocycles. The van der Waals surface area contributed by atoms with E-state index in [1.165, 1.54) is 6.07 Å². The van der Waals surface area contributed by atoms with Crippen molar-refractivity contribution in [1.29, 1.82) is 5.26 Å². The highest BCUT2D eigenvalue weighted by molar-refractivity contribution is 5.48. The van der Waals surface area contributed by atoms with Crippen LogP contribution in [0.25, 0.3) is 0 Å². The monoisotopic (exact) mass is 220 g/mol. The van der Waals surface area contributed by atoms with Crippen molar-refractivity contribution in [2.45, 2.75) is 24.7 Å². The quantitative estimate of drug-likeness (QED) is 0.798. The molecule has 1 aromatic rings. The van der Waals surface area contributed by atoms with Gasteiger partial charge in [0.05, 0.1) is 5.56 Å². The third-order valence-corrected chi connectivity index (χ3v) is 3.50. The van der Waals surface area contributed by atoms with E-state index in [0.29, 0.717) is 6.54 Å². The van der Waals surface area contributed by atoms with E-state index in [1.807, 2.05) is 0 Å². The Labute approximate surface area is 93.3 Å². The van der Waals surface area contributed by atoms with Crippen LogP contribution in [0.5, 0.6) is 5.75 Å². The maximum Gasteiger partial charge on any atom is 0.169 e. The lowest BCUT2D eigenvalue weighted by Crippen LogP contribution is -2.41. The smallest absolute Gasteiger partial charge is 0.169 e. The molecule has 1 fully saturated rings. The average molecular weight is 220 g/mol. The number of nitriles is 1. The molecule has 1 saturated carbocycles. The summed E-state index contributed by atoms with van der Waals surface area (Å²) < 4.78 is 13.4. The van der Waals surface area contributed by atoms with Gasteiger partial charge < -0.3 is 10.8 Å². The predicted octanol–water partition coefficient (Wildman–Crippen LogP) is 1.78. The summed E-state index contributed by atoms with van der Waals surface area (Å²) in [7, 11) is 0. The van der Waals surface area contributed by atoms with E-state index >= 15 is 0 Å². The fourth-order valence-electron chi connectivity index (χ4n) is 2.20. The van der Waals surface area contributed by atoms with E-state index in [9.17, 15) is 9.50 Å². The van der Waals surface area contributed by atoms with Gasteiger partial charge in [-0.05, 0) is 30.5 Å².